The standard InChI is InChI=1S/C13H13N5O3/c19-11(9-13(3-1-4-13)21-12(20)17-9)16-8-7-15-18-6-2-5-14-10(8)18/h2,5-7,9H,1,3-4H2,(H,16,19)(H,17,20). The van der Waals surface area contributed by atoms with Crippen LogP contribution in [0.25, 0.3) is 5.65 Å². The first-order valence-corrected chi connectivity index (χ1v) is 6.77. The van der Waals surface area contributed by atoms with Gasteiger partial charge in [0.1, 0.15) is 11.3 Å². The third-order valence-electron chi connectivity index (χ3n) is 4.08. The van der Waals surface area contributed by atoms with E-state index >= 15 is 0 Å². The molecular weight excluding hydrogens is 274 g/mol. The Morgan fingerprint density at radius 3 is 3.14 bits per heavy atom. The van der Waals surface area contributed by atoms with Crippen molar-refractivity contribution in [3.8, 4) is 0 Å². The minimum atomic E-state index is -0.683. The van der Waals surface area contributed by atoms with Crippen molar-refractivity contribution in [3.63, 3.8) is 0 Å². The highest BCUT2D eigenvalue weighted by Gasteiger charge is 2.56. The zero-order valence-electron chi connectivity index (χ0n) is 11.1. The number of amides is 2. The van der Waals surface area contributed by atoms with Crippen LogP contribution in [-0.4, -0.2) is 38.2 Å². The number of fused-ring (bicyclic) bond motifs is 1. The summed E-state index contributed by atoms with van der Waals surface area (Å²) in [5.74, 6) is -0.305. The lowest BCUT2D eigenvalue weighted by molar-refractivity contribution is -0.124. The van der Waals surface area contributed by atoms with Gasteiger partial charge in [-0.05, 0) is 25.3 Å². The Balaban J connectivity index is 1.59. The Bertz CT molecular complexity index is 736. The minimum Gasteiger partial charge on any atom is -0.440 e. The van der Waals surface area contributed by atoms with Gasteiger partial charge in [0.2, 0.25) is 0 Å². The van der Waals surface area contributed by atoms with Gasteiger partial charge in [0.15, 0.2) is 11.7 Å². The fourth-order valence-corrected chi connectivity index (χ4v) is 2.86. The van der Waals surface area contributed by atoms with E-state index in [1.54, 1.807) is 23.0 Å². The largest absolute Gasteiger partial charge is 0.440 e. The Morgan fingerprint density at radius 1 is 1.52 bits per heavy atom. The fraction of sp³-hybridized carbons (Fsp3) is 0.385. The molecule has 1 aliphatic heterocycles. The van der Waals surface area contributed by atoms with E-state index < -0.39 is 17.7 Å². The SMILES string of the molecule is O=C1NC(C(=O)Nc2cnn3cccnc23)C2(CCC2)O1. The van der Waals surface area contributed by atoms with E-state index in [1.165, 1.54) is 6.20 Å². The van der Waals surface area contributed by atoms with Gasteiger partial charge in [-0.25, -0.2) is 14.3 Å². The molecule has 2 aromatic heterocycles. The summed E-state index contributed by atoms with van der Waals surface area (Å²) < 4.78 is 6.85. The van der Waals surface area contributed by atoms with Crippen LogP contribution < -0.4 is 10.6 Å². The Morgan fingerprint density at radius 2 is 2.38 bits per heavy atom. The molecular formula is C13H13N5O3. The van der Waals surface area contributed by atoms with Gasteiger partial charge in [-0.1, -0.05) is 0 Å². The monoisotopic (exact) mass is 287 g/mol. The van der Waals surface area contributed by atoms with Gasteiger partial charge < -0.3 is 15.4 Å². The van der Waals surface area contributed by atoms with Crippen molar-refractivity contribution in [3.05, 3.63) is 24.7 Å². The lowest BCUT2D eigenvalue weighted by Crippen LogP contribution is -2.55. The Hall–Kier alpha value is -2.64. The summed E-state index contributed by atoms with van der Waals surface area (Å²) in [5, 5.41) is 9.46. The summed E-state index contributed by atoms with van der Waals surface area (Å²) in [4.78, 5) is 28.1. The second-order valence-corrected chi connectivity index (χ2v) is 5.32. The van der Waals surface area contributed by atoms with Crippen LogP contribution in [-0.2, 0) is 9.53 Å². The Kier molecular flexibility index (Phi) is 2.41. The van der Waals surface area contributed by atoms with Crippen molar-refractivity contribution in [1.29, 1.82) is 0 Å². The number of aromatic nitrogens is 3. The number of alkyl carbamates (subject to hydrolysis) is 1. The zero-order valence-corrected chi connectivity index (χ0v) is 11.1. The van der Waals surface area contributed by atoms with E-state index in [9.17, 15) is 9.59 Å². The van der Waals surface area contributed by atoms with Gasteiger partial charge in [-0.15, -0.1) is 0 Å². The topological polar surface area (TPSA) is 97.6 Å². The molecule has 1 spiro atoms. The molecule has 2 aromatic rings. The number of ether oxygens (including phenoxy) is 1. The number of anilines is 1. The van der Waals surface area contributed by atoms with E-state index in [4.69, 9.17) is 4.74 Å². The van der Waals surface area contributed by atoms with Crippen molar-refractivity contribution in [1.82, 2.24) is 19.9 Å². The van der Waals surface area contributed by atoms with E-state index in [2.05, 4.69) is 20.7 Å². The average Bonchev–Trinajstić information content (AvgIpc) is 3.00. The van der Waals surface area contributed by atoms with Crippen LogP contribution in [0, 0.1) is 0 Å². The van der Waals surface area contributed by atoms with Gasteiger partial charge in [0, 0.05) is 12.4 Å². The quantitative estimate of drug-likeness (QED) is 0.847. The van der Waals surface area contributed by atoms with Crippen molar-refractivity contribution in [2.45, 2.75) is 30.9 Å². The number of carbonyl (C=O) groups excluding carboxylic acids is 2. The van der Waals surface area contributed by atoms with E-state index in [0.29, 0.717) is 24.2 Å². The highest BCUT2D eigenvalue weighted by atomic mass is 16.6. The van der Waals surface area contributed by atoms with E-state index in [0.717, 1.165) is 6.42 Å². The van der Waals surface area contributed by atoms with Crippen LogP contribution in [0.4, 0.5) is 10.5 Å². The second kappa shape index (κ2) is 4.18. The van der Waals surface area contributed by atoms with Gasteiger partial charge in [-0.3, -0.25) is 4.79 Å². The van der Waals surface area contributed by atoms with Crippen molar-refractivity contribution in [2.75, 3.05) is 5.32 Å². The average molecular weight is 287 g/mol. The highest BCUT2D eigenvalue weighted by molar-refractivity contribution is 6.01. The molecule has 108 valence electrons. The maximum atomic E-state index is 12.4. The van der Waals surface area contributed by atoms with Crippen LogP contribution in [0.5, 0.6) is 0 Å². The minimum absolute atomic E-state index is 0.305. The van der Waals surface area contributed by atoms with Crippen LogP contribution in [0.3, 0.4) is 0 Å². The van der Waals surface area contributed by atoms with Gasteiger partial charge in [0.05, 0.1) is 6.20 Å². The summed E-state index contributed by atoms with van der Waals surface area (Å²) in [5.41, 5.74) is 0.382. The van der Waals surface area contributed by atoms with Crippen LogP contribution in [0.2, 0.25) is 0 Å². The van der Waals surface area contributed by atoms with Gasteiger partial charge >= 0.3 is 6.09 Å². The molecule has 1 saturated heterocycles. The first-order valence-electron chi connectivity index (χ1n) is 6.77. The second-order valence-electron chi connectivity index (χ2n) is 5.32. The summed E-state index contributed by atoms with van der Waals surface area (Å²) in [6, 6.07) is 1.08. The predicted octanol–water partition coefficient (Wildman–Crippen LogP) is 0.699. The number of hydrogen-bond donors (Lipinski definition) is 2. The Labute approximate surface area is 119 Å². The van der Waals surface area contributed by atoms with Crippen molar-refractivity contribution < 1.29 is 14.3 Å². The zero-order chi connectivity index (χ0) is 14.4. The van der Waals surface area contributed by atoms with Gasteiger partial charge in [0.25, 0.3) is 5.91 Å². The smallest absolute Gasteiger partial charge is 0.408 e. The number of nitrogens with one attached hydrogen (secondary N) is 2. The molecule has 8 nitrogen and oxygen atoms in total. The van der Waals surface area contributed by atoms with Crippen LogP contribution >= 0.6 is 0 Å². The first kappa shape index (κ1) is 12.1. The van der Waals surface area contributed by atoms with Crippen LogP contribution in [0.1, 0.15) is 19.3 Å². The molecule has 2 amide bonds. The number of carbonyl (C=O) groups is 2. The molecule has 0 bridgehead atoms. The summed E-state index contributed by atoms with van der Waals surface area (Å²) >= 11 is 0. The molecule has 4 rings (SSSR count). The lowest BCUT2D eigenvalue weighted by atomic mass is 9.75. The lowest BCUT2D eigenvalue weighted by Gasteiger charge is -2.38. The predicted molar refractivity (Wildman–Crippen MR) is 71.6 cm³/mol. The molecule has 2 aliphatic rings. The molecule has 1 unspecified atom stereocenters. The molecule has 0 radical (unpaired) electrons. The molecule has 21 heavy (non-hydrogen) atoms. The van der Waals surface area contributed by atoms with Crippen LogP contribution in [0.15, 0.2) is 24.7 Å². The molecule has 2 N–H and O–H groups in total. The summed E-state index contributed by atoms with van der Waals surface area (Å²) in [6.07, 6.45) is 6.73. The van der Waals surface area contributed by atoms with Gasteiger partial charge in [-0.2, -0.15) is 5.10 Å². The summed E-state index contributed by atoms with van der Waals surface area (Å²) in [7, 11) is 0. The number of nitrogens with zero attached hydrogens (tertiary/aromatic N) is 3. The molecule has 8 heteroatoms. The first-order chi connectivity index (χ1) is 10.2. The van der Waals surface area contributed by atoms with Crippen molar-refractivity contribution >= 4 is 23.3 Å². The molecule has 0 aromatic carbocycles. The number of hydrogen-bond acceptors (Lipinski definition) is 5. The third kappa shape index (κ3) is 1.75. The number of rotatable bonds is 2. The molecule has 1 saturated carbocycles. The van der Waals surface area contributed by atoms with E-state index in [1.807, 2.05) is 0 Å². The third-order valence-corrected chi connectivity index (χ3v) is 4.08. The van der Waals surface area contributed by atoms with Crippen molar-refractivity contribution in [2.24, 2.45) is 0 Å². The normalized spacial score (nSPS) is 22.7. The highest BCUT2D eigenvalue weighted by Crippen LogP contribution is 2.42. The maximum Gasteiger partial charge on any atom is 0.408 e. The molecule has 1 atom stereocenters. The fourth-order valence-electron chi connectivity index (χ4n) is 2.86. The molecule has 1 aliphatic carbocycles. The molecule has 3 heterocycles. The summed E-state index contributed by atoms with van der Waals surface area (Å²) in [6.45, 7) is 0. The van der Waals surface area contributed by atoms with E-state index in [-0.39, 0.29) is 5.91 Å². The maximum absolute atomic E-state index is 12.4. The molecule has 2 fully saturated rings.